The Bertz CT molecular complexity index is 1100. The Kier molecular flexibility index (Phi) is 5.87. The van der Waals surface area contributed by atoms with Crippen LogP contribution in [0.3, 0.4) is 0 Å². The summed E-state index contributed by atoms with van der Waals surface area (Å²) in [5, 5.41) is 0.260. The Morgan fingerprint density at radius 1 is 0.929 bits per heavy atom. The van der Waals surface area contributed by atoms with E-state index >= 15 is 0 Å². The molecule has 0 radical (unpaired) electrons. The van der Waals surface area contributed by atoms with Crippen molar-refractivity contribution in [3.05, 3.63) is 83.4 Å². The Labute approximate surface area is 167 Å². The summed E-state index contributed by atoms with van der Waals surface area (Å²) in [6, 6.07) is 18.8. The zero-order valence-electron chi connectivity index (χ0n) is 14.8. The minimum atomic E-state index is -3.97. The molecule has 0 fully saturated rings. The molecule has 0 amide bonds. The zero-order valence-corrected chi connectivity index (χ0v) is 16.3. The van der Waals surface area contributed by atoms with E-state index in [1.165, 1.54) is 25.3 Å². The van der Waals surface area contributed by atoms with Crippen molar-refractivity contribution in [3.8, 4) is 11.5 Å². The number of ether oxygens (including phenoxy) is 2. The van der Waals surface area contributed by atoms with Crippen LogP contribution < -0.4 is 14.2 Å². The van der Waals surface area contributed by atoms with Crippen LogP contribution in [0.2, 0.25) is 5.02 Å². The molecule has 0 saturated heterocycles. The molecule has 6 nitrogen and oxygen atoms in total. The third kappa shape index (κ3) is 4.44. The fourth-order valence-electron chi connectivity index (χ4n) is 2.38. The Balaban J connectivity index is 1.92. The van der Waals surface area contributed by atoms with Gasteiger partial charge in [-0.25, -0.2) is 13.2 Å². The summed E-state index contributed by atoms with van der Waals surface area (Å²) < 4.78 is 38.4. The molecule has 3 rings (SSSR count). The zero-order chi connectivity index (χ0) is 20.1. The van der Waals surface area contributed by atoms with Crippen molar-refractivity contribution in [2.75, 3.05) is 11.8 Å². The van der Waals surface area contributed by atoms with Gasteiger partial charge in [0.05, 0.1) is 28.3 Å². The molecule has 144 valence electrons. The first kappa shape index (κ1) is 19.7. The number of nitrogens with one attached hydrogen (secondary N) is 1. The third-order valence-corrected chi connectivity index (χ3v) is 5.47. The molecule has 0 bridgehead atoms. The van der Waals surface area contributed by atoms with Crippen molar-refractivity contribution < 1.29 is 22.7 Å². The third-order valence-electron chi connectivity index (χ3n) is 3.78. The van der Waals surface area contributed by atoms with Gasteiger partial charge in [-0.3, -0.25) is 4.72 Å². The molecule has 0 spiro atoms. The standard InChI is InChI=1S/C20H16ClNO5S/c1-26-18-12-11-15(28(24,25)22-17-10-6-5-9-16(17)21)13-19(18)27-20(23)14-7-3-2-4-8-14/h2-13,22H,1H3. The number of halogens is 1. The van der Waals surface area contributed by atoms with Crippen LogP contribution in [0.15, 0.2) is 77.7 Å². The van der Waals surface area contributed by atoms with Crippen molar-refractivity contribution in [2.24, 2.45) is 0 Å². The summed E-state index contributed by atoms with van der Waals surface area (Å²) in [6.07, 6.45) is 0. The summed E-state index contributed by atoms with van der Waals surface area (Å²) in [6.45, 7) is 0. The summed E-state index contributed by atoms with van der Waals surface area (Å²) in [4.78, 5) is 12.2. The van der Waals surface area contributed by atoms with Gasteiger partial charge >= 0.3 is 5.97 Å². The number of carbonyl (C=O) groups excluding carboxylic acids is 1. The van der Waals surface area contributed by atoms with Crippen molar-refractivity contribution in [2.45, 2.75) is 4.90 Å². The molecule has 28 heavy (non-hydrogen) atoms. The van der Waals surface area contributed by atoms with Gasteiger partial charge in [0.2, 0.25) is 0 Å². The normalized spacial score (nSPS) is 10.9. The number of hydrogen-bond acceptors (Lipinski definition) is 5. The molecule has 0 saturated carbocycles. The first-order valence-electron chi connectivity index (χ1n) is 8.13. The maximum Gasteiger partial charge on any atom is 0.343 e. The van der Waals surface area contributed by atoms with Crippen LogP contribution in [0.25, 0.3) is 0 Å². The topological polar surface area (TPSA) is 81.7 Å². The number of methoxy groups -OCH3 is 1. The maximum absolute atomic E-state index is 12.7. The van der Waals surface area contributed by atoms with E-state index in [0.717, 1.165) is 0 Å². The van der Waals surface area contributed by atoms with Gasteiger partial charge in [-0.1, -0.05) is 41.9 Å². The van der Waals surface area contributed by atoms with Gasteiger partial charge in [0, 0.05) is 6.07 Å². The van der Waals surface area contributed by atoms with Gasteiger partial charge in [-0.2, -0.15) is 0 Å². The lowest BCUT2D eigenvalue weighted by atomic mass is 10.2. The minimum Gasteiger partial charge on any atom is -0.493 e. The summed E-state index contributed by atoms with van der Waals surface area (Å²) in [7, 11) is -2.57. The minimum absolute atomic E-state index is 0.0154. The van der Waals surface area contributed by atoms with Crippen LogP contribution in [0, 0.1) is 0 Å². The average Bonchev–Trinajstić information content (AvgIpc) is 2.70. The molecule has 3 aromatic rings. The molecule has 0 heterocycles. The SMILES string of the molecule is COc1ccc(S(=O)(=O)Nc2ccccc2Cl)cc1OC(=O)c1ccccc1. The number of carbonyl (C=O) groups is 1. The lowest BCUT2D eigenvalue weighted by Gasteiger charge is -2.13. The number of anilines is 1. The smallest absolute Gasteiger partial charge is 0.343 e. The second-order valence-electron chi connectivity index (χ2n) is 5.65. The molecule has 3 aromatic carbocycles. The van der Waals surface area contributed by atoms with Crippen LogP contribution in [0.1, 0.15) is 10.4 Å². The first-order valence-corrected chi connectivity index (χ1v) is 9.99. The Hall–Kier alpha value is -3.03. The van der Waals surface area contributed by atoms with Gasteiger partial charge in [-0.15, -0.1) is 0 Å². The van der Waals surface area contributed by atoms with Crippen molar-refractivity contribution in [1.29, 1.82) is 0 Å². The molecular formula is C20H16ClNO5S. The molecule has 0 aliphatic carbocycles. The number of hydrogen-bond donors (Lipinski definition) is 1. The van der Waals surface area contributed by atoms with Gasteiger partial charge in [0.1, 0.15) is 0 Å². The van der Waals surface area contributed by atoms with Crippen LogP contribution in [-0.2, 0) is 10.0 Å². The van der Waals surface area contributed by atoms with Crippen molar-refractivity contribution >= 4 is 33.3 Å². The van der Waals surface area contributed by atoms with E-state index in [4.69, 9.17) is 21.1 Å². The van der Waals surface area contributed by atoms with Crippen molar-refractivity contribution in [3.63, 3.8) is 0 Å². The highest BCUT2D eigenvalue weighted by Crippen LogP contribution is 2.32. The molecular weight excluding hydrogens is 402 g/mol. The van der Waals surface area contributed by atoms with Gasteiger partial charge in [-0.05, 0) is 36.4 Å². The molecule has 0 aliphatic rings. The molecule has 1 N–H and O–H groups in total. The van der Waals surface area contributed by atoms with E-state index < -0.39 is 16.0 Å². The van der Waals surface area contributed by atoms with Crippen LogP contribution in [0.5, 0.6) is 11.5 Å². The number of sulfonamides is 1. The average molecular weight is 418 g/mol. The summed E-state index contributed by atoms with van der Waals surface area (Å²) >= 11 is 6.02. The summed E-state index contributed by atoms with van der Waals surface area (Å²) in [5.41, 5.74) is 0.565. The quantitative estimate of drug-likeness (QED) is 0.475. The van der Waals surface area contributed by atoms with E-state index in [1.54, 1.807) is 54.6 Å². The number of para-hydroxylation sites is 1. The predicted octanol–water partition coefficient (Wildman–Crippen LogP) is 4.37. The van der Waals surface area contributed by atoms with Crippen LogP contribution in [0.4, 0.5) is 5.69 Å². The maximum atomic E-state index is 12.7. The van der Waals surface area contributed by atoms with E-state index in [9.17, 15) is 13.2 Å². The van der Waals surface area contributed by atoms with E-state index in [0.29, 0.717) is 5.56 Å². The van der Waals surface area contributed by atoms with Crippen LogP contribution in [-0.4, -0.2) is 21.5 Å². The highest BCUT2D eigenvalue weighted by atomic mass is 35.5. The van der Waals surface area contributed by atoms with Gasteiger partial charge in [0.15, 0.2) is 11.5 Å². The fourth-order valence-corrected chi connectivity index (χ4v) is 3.72. The molecule has 0 unspecified atom stereocenters. The predicted molar refractivity (Wildman–Crippen MR) is 107 cm³/mol. The van der Waals surface area contributed by atoms with Gasteiger partial charge in [0.25, 0.3) is 10.0 Å². The van der Waals surface area contributed by atoms with E-state index in [2.05, 4.69) is 4.72 Å². The highest BCUT2D eigenvalue weighted by molar-refractivity contribution is 7.92. The van der Waals surface area contributed by atoms with Crippen LogP contribution >= 0.6 is 11.6 Å². The second-order valence-corrected chi connectivity index (χ2v) is 7.74. The second kappa shape index (κ2) is 8.33. The summed E-state index contributed by atoms with van der Waals surface area (Å²) in [5.74, 6) is -0.424. The number of rotatable bonds is 6. The number of benzene rings is 3. The molecule has 0 atom stereocenters. The monoisotopic (exact) mass is 417 g/mol. The first-order chi connectivity index (χ1) is 13.4. The fraction of sp³-hybridized carbons (Fsp3) is 0.0500. The van der Waals surface area contributed by atoms with E-state index in [1.807, 2.05) is 0 Å². The lowest BCUT2D eigenvalue weighted by Crippen LogP contribution is -2.14. The molecule has 8 heteroatoms. The number of esters is 1. The lowest BCUT2D eigenvalue weighted by molar-refractivity contribution is 0.0729. The van der Waals surface area contributed by atoms with Gasteiger partial charge < -0.3 is 9.47 Å². The Morgan fingerprint density at radius 2 is 1.61 bits per heavy atom. The highest BCUT2D eigenvalue weighted by Gasteiger charge is 2.20. The van der Waals surface area contributed by atoms with E-state index in [-0.39, 0.29) is 27.1 Å². The van der Waals surface area contributed by atoms with Crippen molar-refractivity contribution in [1.82, 2.24) is 0 Å². The molecule has 0 aliphatic heterocycles. The Morgan fingerprint density at radius 3 is 2.29 bits per heavy atom. The largest absolute Gasteiger partial charge is 0.493 e. The molecule has 0 aromatic heterocycles.